The van der Waals surface area contributed by atoms with Crippen molar-refractivity contribution in [2.24, 2.45) is 5.73 Å². The topological polar surface area (TPSA) is 76.8 Å². The zero-order chi connectivity index (χ0) is 19.6. The minimum Gasteiger partial charge on any atom is -0.497 e. The zero-order valence-electron chi connectivity index (χ0n) is 15.5. The van der Waals surface area contributed by atoms with Crippen LogP contribution in [0.5, 0.6) is 11.5 Å². The summed E-state index contributed by atoms with van der Waals surface area (Å²) in [5, 5.41) is 3.36. The molecule has 2 aromatic carbocycles. The van der Waals surface area contributed by atoms with E-state index in [9.17, 15) is 4.79 Å². The Labute approximate surface area is 164 Å². The molecule has 2 aromatic rings. The molecule has 0 spiro atoms. The Kier molecular flexibility index (Phi) is 5.62. The second kappa shape index (κ2) is 7.94. The van der Waals surface area contributed by atoms with Gasteiger partial charge in [0.25, 0.3) is 0 Å². The number of nitrogens with zero attached hydrogens (tertiary/aromatic N) is 1. The van der Waals surface area contributed by atoms with Gasteiger partial charge in [-0.3, -0.25) is 10.1 Å². The third-order valence-corrected chi connectivity index (χ3v) is 5.03. The second-order valence-electron chi connectivity index (χ2n) is 6.15. The monoisotopic (exact) mass is 385 g/mol. The number of carbonyl (C=O) groups is 1. The smallest absolute Gasteiger partial charge is 0.248 e. The van der Waals surface area contributed by atoms with Crippen LogP contribution < -0.4 is 25.4 Å². The molecule has 0 aliphatic carbocycles. The van der Waals surface area contributed by atoms with E-state index in [4.69, 9.17) is 27.8 Å². The Balaban J connectivity index is 2.16. The van der Waals surface area contributed by atoms with Gasteiger partial charge in [0.05, 0.1) is 25.8 Å². The highest BCUT2D eigenvalue weighted by molar-refractivity contribution is 7.81. The predicted octanol–water partition coefficient (Wildman–Crippen LogP) is 2.83. The van der Waals surface area contributed by atoms with Crippen molar-refractivity contribution in [1.29, 1.82) is 0 Å². The maximum atomic E-state index is 12.4. The molecular weight excluding hydrogens is 362 g/mol. The van der Waals surface area contributed by atoms with E-state index in [1.54, 1.807) is 26.4 Å². The normalized spacial score (nSPS) is 19.8. The number of primary amides is 1. The van der Waals surface area contributed by atoms with Crippen LogP contribution in [0.15, 0.2) is 59.8 Å². The second-order valence-corrected chi connectivity index (χ2v) is 6.64. The molecule has 1 aliphatic rings. The molecule has 142 valence electrons. The lowest BCUT2D eigenvalue weighted by Crippen LogP contribution is -2.50. The summed E-state index contributed by atoms with van der Waals surface area (Å²) >= 11 is 4.71. The lowest BCUT2D eigenvalue weighted by molar-refractivity contribution is -0.115. The molecule has 2 unspecified atom stereocenters. The first-order valence-electron chi connectivity index (χ1n) is 8.48. The highest BCUT2D eigenvalue weighted by atomic mass is 32.1. The van der Waals surface area contributed by atoms with Gasteiger partial charge in [0, 0.05) is 16.9 Å². The molecule has 0 bridgehead atoms. The number of benzene rings is 2. The first kappa shape index (κ1) is 19.1. The molecule has 27 heavy (non-hydrogen) atoms. The third kappa shape index (κ3) is 3.61. The van der Waals surface area contributed by atoms with Gasteiger partial charge >= 0.3 is 0 Å². The molecule has 0 aromatic heterocycles. The van der Waals surface area contributed by atoms with Gasteiger partial charge < -0.3 is 20.1 Å². The Hall–Kier alpha value is -2.64. The van der Waals surface area contributed by atoms with E-state index in [0.717, 1.165) is 16.9 Å². The summed E-state index contributed by atoms with van der Waals surface area (Å²) in [4.78, 5) is 14.3. The number of nitrogens with one attached hydrogen (secondary N) is 1. The standard InChI is InChI=1S/C20H23N3O3S/c1-12-17(19(21)24)18(15-11-14(25-2)9-10-16(15)26-3)22-20(27)23(12)13-7-5-4-6-8-13/h4-11,18,20,22,27H,1-3H3,(H2,21,24). The lowest BCUT2D eigenvalue weighted by Gasteiger charge is -2.41. The minimum atomic E-state index is -0.504. The fourth-order valence-electron chi connectivity index (χ4n) is 3.38. The van der Waals surface area contributed by atoms with Gasteiger partial charge in [-0.1, -0.05) is 18.2 Å². The van der Waals surface area contributed by atoms with Gasteiger partial charge in [0.2, 0.25) is 5.91 Å². The van der Waals surface area contributed by atoms with Crippen LogP contribution in [0.3, 0.4) is 0 Å². The van der Waals surface area contributed by atoms with Gasteiger partial charge in [-0.2, -0.15) is 0 Å². The number of hydrogen-bond acceptors (Lipinski definition) is 6. The fourth-order valence-corrected chi connectivity index (χ4v) is 3.84. The highest BCUT2D eigenvalue weighted by Gasteiger charge is 2.36. The summed E-state index contributed by atoms with van der Waals surface area (Å²) in [7, 11) is 3.18. The molecule has 3 rings (SSSR count). The number of para-hydroxylation sites is 1. The number of amides is 1. The molecule has 7 heteroatoms. The van der Waals surface area contributed by atoms with Crippen LogP contribution >= 0.6 is 12.6 Å². The van der Waals surface area contributed by atoms with Crippen molar-refractivity contribution in [2.75, 3.05) is 19.1 Å². The Morgan fingerprint density at radius 3 is 2.44 bits per heavy atom. The number of allylic oxidation sites excluding steroid dienone is 1. The molecule has 3 N–H and O–H groups in total. The Bertz CT molecular complexity index is 870. The Morgan fingerprint density at radius 1 is 1.15 bits per heavy atom. The SMILES string of the molecule is COc1ccc(OC)c(C2NC(S)N(c3ccccc3)C(C)=C2C(N)=O)c1. The van der Waals surface area contributed by atoms with Crippen molar-refractivity contribution in [2.45, 2.75) is 18.5 Å². The van der Waals surface area contributed by atoms with Gasteiger partial charge in [-0.05, 0) is 37.3 Å². The lowest BCUT2D eigenvalue weighted by atomic mass is 9.93. The first-order chi connectivity index (χ1) is 13.0. The van der Waals surface area contributed by atoms with Gasteiger partial charge in [-0.15, -0.1) is 12.6 Å². The molecule has 6 nitrogen and oxygen atoms in total. The van der Waals surface area contributed by atoms with Crippen LogP contribution in [0.2, 0.25) is 0 Å². The molecule has 0 saturated carbocycles. The summed E-state index contributed by atoms with van der Waals surface area (Å²) in [5.41, 5.74) is 8.28. The maximum Gasteiger partial charge on any atom is 0.248 e. The highest BCUT2D eigenvalue weighted by Crippen LogP contribution is 2.39. The molecule has 0 fully saturated rings. The number of hydrogen-bond donors (Lipinski definition) is 3. The zero-order valence-corrected chi connectivity index (χ0v) is 16.4. The number of ether oxygens (including phenoxy) is 2. The largest absolute Gasteiger partial charge is 0.497 e. The van der Waals surface area contributed by atoms with Crippen molar-refractivity contribution in [3.05, 3.63) is 65.4 Å². The number of anilines is 1. The molecule has 1 aliphatic heterocycles. The van der Waals surface area contributed by atoms with E-state index in [2.05, 4.69) is 5.32 Å². The summed E-state index contributed by atoms with van der Waals surface area (Å²) in [5.74, 6) is 0.792. The minimum absolute atomic E-state index is 0.364. The third-order valence-electron chi connectivity index (χ3n) is 4.65. The van der Waals surface area contributed by atoms with Crippen molar-refractivity contribution in [3.8, 4) is 11.5 Å². The maximum absolute atomic E-state index is 12.4. The molecule has 0 radical (unpaired) electrons. The number of carbonyl (C=O) groups excluding carboxylic acids is 1. The number of methoxy groups -OCH3 is 2. The van der Waals surface area contributed by atoms with Gasteiger partial charge in [0.1, 0.15) is 17.0 Å². The molecule has 1 amide bonds. The number of rotatable bonds is 5. The van der Waals surface area contributed by atoms with Crippen molar-refractivity contribution < 1.29 is 14.3 Å². The van der Waals surface area contributed by atoms with Crippen LogP contribution in [0.4, 0.5) is 5.69 Å². The van der Waals surface area contributed by atoms with E-state index >= 15 is 0 Å². The summed E-state index contributed by atoms with van der Waals surface area (Å²) < 4.78 is 10.8. The van der Waals surface area contributed by atoms with Crippen molar-refractivity contribution in [3.63, 3.8) is 0 Å². The quantitative estimate of drug-likeness (QED) is 0.690. The van der Waals surface area contributed by atoms with Gasteiger partial charge in [-0.25, -0.2) is 0 Å². The molecule has 1 heterocycles. The number of nitrogens with two attached hydrogens (primary N) is 1. The van der Waals surface area contributed by atoms with E-state index in [-0.39, 0.29) is 5.50 Å². The van der Waals surface area contributed by atoms with Crippen LogP contribution in [-0.4, -0.2) is 25.6 Å². The van der Waals surface area contributed by atoms with Crippen LogP contribution in [0.1, 0.15) is 18.5 Å². The van der Waals surface area contributed by atoms with E-state index < -0.39 is 11.9 Å². The van der Waals surface area contributed by atoms with E-state index in [0.29, 0.717) is 17.1 Å². The van der Waals surface area contributed by atoms with Crippen molar-refractivity contribution in [1.82, 2.24) is 5.32 Å². The van der Waals surface area contributed by atoms with E-state index in [1.807, 2.05) is 48.2 Å². The van der Waals surface area contributed by atoms with Crippen LogP contribution in [0.25, 0.3) is 0 Å². The van der Waals surface area contributed by atoms with Crippen molar-refractivity contribution >= 4 is 24.2 Å². The average molecular weight is 385 g/mol. The fraction of sp³-hybridized carbons (Fsp3) is 0.250. The van der Waals surface area contributed by atoms with Crippen LogP contribution in [0, 0.1) is 0 Å². The summed E-state index contributed by atoms with van der Waals surface area (Å²) in [6, 6.07) is 14.7. The Morgan fingerprint density at radius 2 is 1.85 bits per heavy atom. The summed E-state index contributed by atoms with van der Waals surface area (Å²) in [6.45, 7) is 1.87. The first-order valence-corrected chi connectivity index (χ1v) is 9.00. The molecular formula is C20H23N3O3S. The predicted molar refractivity (Wildman–Crippen MR) is 109 cm³/mol. The number of thiol groups is 1. The molecule has 0 saturated heterocycles. The average Bonchev–Trinajstić information content (AvgIpc) is 2.67. The van der Waals surface area contributed by atoms with E-state index in [1.165, 1.54) is 0 Å². The van der Waals surface area contributed by atoms with Crippen LogP contribution in [-0.2, 0) is 4.79 Å². The molecule has 2 atom stereocenters. The summed E-state index contributed by atoms with van der Waals surface area (Å²) in [6.07, 6.45) is 0. The van der Waals surface area contributed by atoms with Gasteiger partial charge in [0.15, 0.2) is 0 Å².